The molecule has 0 aromatic heterocycles. The van der Waals surface area contributed by atoms with Crippen molar-refractivity contribution >= 4 is 11.9 Å². The Morgan fingerprint density at radius 1 is 0.900 bits per heavy atom. The van der Waals surface area contributed by atoms with Crippen molar-refractivity contribution in [3.63, 3.8) is 0 Å². The van der Waals surface area contributed by atoms with Gasteiger partial charge in [-0.3, -0.25) is 4.79 Å². The largest absolute Gasteiger partial charge is 0.497 e. The van der Waals surface area contributed by atoms with Crippen LogP contribution in [-0.4, -0.2) is 58.7 Å². The number of ether oxygens (including phenoxy) is 3. The van der Waals surface area contributed by atoms with Crippen molar-refractivity contribution in [1.29, 1.82) is 0 Å². The molecule has 0 bridgehead atoms. The lowest BCUT2D eigenvalue weighted by Crippen LogP contribution is -2.42. The summed E-state index contributed by atoms with van der Waals surface area (Å²) >= 11 is 0. The van der Waals surface area contributed by atoms with Crippen LogP contribution in [0.15, 0.2) is 47.5 Å². The van der Waals surface area contributed by atoms with Crippen molar-refractivity contribution in [2.24, 2.45) is 4.99 Å². The number of carbonyl (C=O) groups excluding carboxylic acids is 1. The molecule has 0 aliphatic rings. The van der Waals surface area contributed by atoms with E-state index < -0.39 is 0 Å². The number of hydrogen-bond acceptors (Lipinski definition) is 5. The van der Waals surface area contributed by atoms with Gasteiger partial charge in [0, 0.05) is 20.6 Å². The monoisotopic (exact) mass is 414 g/mol. The SMILES string of the molecule is COc1ccc(CNC(=NCc2ccc(OC)c(OC)c2)NCC(=O)N(C)C)cc1. The van der Waals surface area contributed by atoms with Gasteiger partial charge in [-0.1, -0.05) is 18.2 Å². The number of methoxy groups -OCH3 is 3. The molecule has 0 aliphatic heterocycles. The van der Waals surface area contributed by atoms with E-state index in [-0.39, 0.29) is 12.5 Å². The number of nitrogens with zero attached hydrogens (tertiary/aromatic N) is 2. The van der Waals surface area contributed by atoms with Gasteiger partial charge in [0.2, 0.25) is 5.91 Å². The zero-order valence-electron chi connectivity index (χ0n) is 18.2. The van der Waals surface area contributed by atoms with Crippen LogP contribution in [0, 0.1) is 0 Å². The zero-order valence-corrected chi connectivity index (χ0v) is 18.2. The molecular formula is C22H30N4O4. The Labute approximate surface area is 177 Å². The third-order valence-corrected chi connectivity index (χ3v) is 4.39. The molecule has 2 aromatic carbocycles. The maximum atomic E-state index is 12.0. The highest BCUT2D eigenvalue weighted by molar-refractivity contribution is 5.86. The third-order valence-electron chi connectivity index (χ3n) is 4.39. The lowest BCUT2D eigenvalue weighted by Gasteiger charge is -2.15. The number of amides is 1. The number of nitrogens with one attached hydrogen (secondary N) is 2. The quantitative estimate of drug-likeness (QED) is 0.483. The van der Waals surface area contributed by atoms with Crippen LogP contribution in [0.1, 0.15) is 11.1 Å². The summed E-state index contributed by atoms with van der Waals surface area (Å²) in [5, 5.41) is 6.34. The zero-order chi connectivity index (χ0) is 21.9. The fraction of sp³-hybridized carbons (Fsp3) is 0.364. The van der Waals surface area contributed by atoms with Crippen LogP contribution in [-0.2, 0) is 17.9 Å². The summed E-state index contributed by atoms with van der Waals surface area (Å²) in [4.78, 5) is 18.1. The molecule has 0 heterocycles. The minimum Gasteiger partial charge on any atom is -0.497 e. The summed E-state index contributed by atoms with van der Waals surface area (Å²) < 4.78 is 15.8. The Balaban J connectivity index is 2.09. The molecule has 30 heavy (non-hydrogen) atoms. The molecule has 1 amide bonds. The molecule has 0 fully saturated rings. The van der Waals surface area contributed by atoms with Crippen LogP contribution < -0.4 is 24.8 Å². The van der Waals surface area contributed by atoms with E-state index in [4.69, 9.17) is 14.2 Å². The number of benzene rings is 2. The molecule has 0 unspecified atom stereocenters. The summed E-state index contributed by atoms with van der Waals surface area (Å²) in [7, 11) is 8.27. The van der Waals surface area contributed by atoms with Gasteiger partial charge in [0.15, 0.2) is 17.5 Å². The van der Waals surface area contributed by atoms with Crippen molar-refractivity contribution in [2.45, 2.75) is 13.1 Å². The van der Waals surface area contributed by atoms with Gasteiger partial charge in [0.25, 0.3) is 0 Å². The highest BCUT2D eigenvalue weighted by Crippen LogP contribution is 2.27. The Kier molecular flexibility index (Phi) is 8.80. The fourth-order valence-corrected chi connectivity index (χ4v) is 2.57. The van der Waals surface area contributed by atoms with E-state index >= 15 is 0 Å². The first-order chi connectivity index (χ1) is 14.5. The maximum absolute atomic E-state index is 12.0. The van der Waals surface area contributed by atoms with E-state index in [2.05, 4.69) is 15.6 Å². The van der Waals surface area contributed by atoms with Crippen LogP contribution in [0.2, 0.25) is 0 Å². The smallest absolute Gasteiger partial charge is 0.241 e. The van der Waals surface area contributed by atoms with E-state index in [0.717, 1.165) is 16.9 Å². The van der Waals surface area contributed by atoms with E-state index in [1.165, 1.54) is 4.90 Å². The number of likely N-dealkylation sites (N-methyl/N-ethyl adjacent to an activating group) is 1. The second-order valence-electron chi connectivity index (χ2n) is 6.70. The lowest BCUT2D eigenvalue weighted by atomic mass is 10.2. The Hall–Kier alpha value is -3.42. The lowest BCUT2D eigenvalue weighted by molar-refractivity contribution is -0.127. The van der Waals surface area contributed by atoms with Gasteiger partial charge in [0.05, 0.1) is 34.4 Å². The van der Waals surface area contributed by atoms with Crippen molar-refractivity contribution < 1.29 is 19.0 Å². The molecule has 2 rings (SSSR count). The highest BCUT2D eigenvalue weighted by atomic mass is 16.5. The van der Waals surface area contributed by atoms with Crippen LogP contribution in [0.25, 0.3) is 0 Å². The minimum absolute atomic E-state index is 0.0416. The summed E-state index contributed by atoms with van der Waals surface area (Å²) in [5.41, 5.74) is 2.02. The van der Waals surface area contributed by atoms with Gasteiger partial charge in [-0.05, 0) is 35.4 Å². The first-order valence-electron chi connectivity index (χ1n) is 9.53. The second-order valence-corrected chi connectivity index (χ2v) is 6.70. The van der Waals surface area contributed by atoms with Gasteiger partial charge < -0.3 is 29.7 Å². The maximum Gasteiger partial charge on any atom is 0.241 e. The van der Waals surface area contributed by atoms with Gasteiger partial charge in [0.1, 0.15) is 5.75 Å². The van der Waals surface area contributed by atoms with Gasteiger partial charge in [-0.2, -0.15) is 0 Å². The highest BCUT2D eigenvalue weighted by Gasteiger charge is 2.08. The van der Waals surface area contributed by atoms with Crippen molar-refractivity contribution in [2.75, 3.05) is 42.0 Å². The van der Waals surface area contributed by atoms with Crippen molar-refractivity contribution in [3.05, 3.63) is 53.6 Å². The molecule has 0 aliphatic carbocycles. The molecule has 0 atom stereocenters. The van der Waals surface area contributed by atoms with Gasteiger partial charge >= 0.3 is 0 Å². The first-order valence-corrected chi connectivity index (χ1v) is 9.53. The number of carbonyl (C=O) groups is 1. The Morgan fingerprint density at radius 2 is 1.57 bits per heavy atom. The summed E-state index contributed by atoms with van der Waals surface area (Å²) in [6, 6.07) is 13.4. The molecule has 0 saturated carbocycles. The molecule has 0 saturated heterocycles. The average molecular weight is 415 g/mol. The van der Waals surface area contributed by atoms with Gasteiger partial charge in [-0.25, -0.2) is 4.99 Å². The van der Waals surface area contributed by atoms with Crippen LogP contribution in [0.3, 0.4) is 0 Å². The second kappa shape index (κ2) is 11.5. The van der Waals surface area contributed by atoms with E-state index in [1.807, 2.05) is 42.5 Å². The van der Waals surface area contributed by atoms with Crippen LogP contribution >= 0.6 is 0 Å². The predicted octanol–water partition coefficient (Wildman–Crippen LogP) is 2.04. The van der Waals surface area contributed by atoms with Crippen LogP contribution in [0.4, 0.5) is 0 Å². The summed E-state index contributed by atoms with van der Waals surface area (Å²) in [6.45, 7) is 1.11. The molecule has 0 spiro atoms. The van der Waals surface area contributed by atoms with Crippen molar-refractivity contribution in [3.8, 4) is 17.2 Å². The summed E-state index contributed by atoms with van der Waals surface area (Å²) in [6.07, 6.45) is 0. The molecule has 0 radical (unpaired) electrons. The standard InChI is InChI=1S/C22H30N4O4/c1-26(2)21(27)15-25-22(23-13-16-6-9-18(28-3)10-7-16)24-14-17-8-11-19(29-4)20(12-17)30-5/h6-12H,13-15H2,1-5H3,(H2,23,24,25). The molecular weight excluding hydrogens is 384 g/mol. The number of aliphatic imine (C=N–C) groups is 1. The Bertz CT molecular complexity index is 851. The van der Waals surface area contributed by atoms with E-state index in [1.54, 1.807) is 35.4 Å². The van der Waals surface area contributed by atoms with E-state index in [9.17, 15) is 4.79 Å². The number of guanidine groups is 1. The molecule has 8 nitrogen and oxygen atoms in total. The predicted molar refractivity (Wildman–Crippen MR) is 117 cm³/mol. The van der Waals surface area contributed by atoms with Crippen LogP contribution in [0.5, 0.6) is 17.2 Å². The molecule has 8 heteroatoms. The first kappa shape index (κ1) is 22.9. The van der Waals surface area contributed by atoms with E-state index in [0.29, 0.717) is 30.5 Å². The summed E-state index contributed by atoms with van der Waals surface area (Å²) in [5.74, 6) is 2.61. The van der Waals surface area contributed by atoms with Gasteiger partial charge in [-0.15, -0.1) is 0 Å². The molecule has 2 aromatic rings. The minimum atomic E-state index is -0.0416. The molecule has 2 N–H and O–H groups in total. The average Bonchev–Trinajstić information content (AvgIpc) is 2.78. The normalized spacial score (nSPS) is 10.9. The molecule has 162 valence electrons. The Morgan fingerprint density at radius 3 is 2.17 bits per heavy atom. The number of rotatable bonds is 9. The van der Waals surface area contributed by atoms with Crippen molar-refractivity contribution in [1.82, 2.24) is 15.5 Å². The topological polar surface area (TPSA) is 84.4 Å². The fourth-order valence-electron chi connectivity index (χ4n) is 2.57. The number of hydrogen-bond donors (Lipinski definition) is 2. The third kappa shape index (κ3) is 6.88.